The van der Waals surface area contributed by atoms with Gasteiger partial charge in [-0.3, -0.25) is 14.2 Å². The van der Waals surface area contributed by atoms with Gasteiger partial charge >= 0.3 is 0 Å². The molecule has 0 radical (unpaired) electrons. The van der Waals surface area contributed by atoms with Gasteiger partial charge in [-0.05, 0) is 30.7 Å². The highest BCUT2D eigenvalue weighted by Crippen LogP contribution is 2.27. The number of thioether (sulfide) groups is 1. The number of furan rings is 1. The van der Waals surface area contributed by atoms with E-state index >= 15 is 0 Å². The Morgan fingerprint density at radius 2 is 1.89 bits per heavy atom. The number of carbonyl (C=O) groups is 2. The first-order chi connectivity index (χ1) is 13.7. The number of hydrogen-bond acceptors (Lipinski definition) is 6. The summed E-state index contributed by atoms with van der Waals surface area (Å²) >= 11 is 1.24. The second-order valence-corrected chi connectivity index (χ2v) is 6.81. The standard InChI is InChI=1S/C19H21N5O3S/c1-2-10-20-16(25)12-21-17(26)13-28-19-23-22-18(15-9-6-11-27-15)24(19)14-7-4-3-5-8-14/h3-9,11H,2,10,12-13H2,1H3,(H,20,25)(H,21,26). The number of amides is 2. The van der Waals surface area contributed by atoms with Crippen LogP contribution in [0.3, 0.4) is 0 Å². The van der Waals surface area contributed by atoms with Crippen molar-refractivity contribution < 1.29 is 14.0 Å². The van der Waals surface area contributed by atoms with Crippen molar-refractivity contribution >= 4 is 23.6 Å². The van der Waals surface area contributed by atoms with Crippen molar-refractivity contribution in [2.24, 2.45) is 0 Å². The minimum atomic E-state index is -0.251. The van der Waals surface area contributed by atoms with Crippen LogP contribution < -0.4 is 10.6 Å². The van der Waals surface area contributed by atoms with E-state index in [-0.39, 0.29) is 24.1 Å². The minimum absolute atomic E-state index is 0.0393. The van der Waals surface area contributed by atoms with E-state index in [0.29, 0.717) is 23.3 Å². The Balaban J connectivity index is 1.69. The fourth-order valence-electron chi connectivity index (χ4n) is 2.43. The first-order valence-corrected chi connectivity index (χ1v) is 9.88. The number of hydrogen-bond donors (Lipinski definition) is 2. The third-order valence-electron chi connectivity index (χ3n) is 3.74. The van der Waals surface area contributed by atoms with E-state index in [0.717, 1.165) is 12.1 Å². The summed E-state index contributed by atoms with van der Waals surface area (Å²) in [6, 6.07) is 13.2. The van der Waals surface area contributed by atoms with E-state index in [9.17, 15) is 9.59 Å². The number of nitrogens with zero attached hydrogens (tertiary/aromatic N) is 3. The molecule has 0 aliphatic carbocycles. The third kappa shape index (κ3) is 5.01. The van der Waals surface area contributed by atoms with Gasteiger partial charge in [-0.15, -0.1) is 10.2 Å². The fourth-order valence-corrected chi connectivity index (χ4v) is 3.21. The van der Waals surface area contributed by atoms with Crippen molar-refractivity contribution in [2.75, 3.05) is 18.8 Å². The molecule has 3 rings (SSSR count). The van der Waals surface area contributed by atoms with Crippen molar-refractivity contribution in [1.29, 1.82) is 0 Å². The van der Waals surface area contributed by atoms with Crippen molar-refractivity contribution in [2.45, 2.75) is 18.5 Å². The summed E-state index contributed by atoms with van der Waals surface area (Å²) in [5.41, 5.74) is 0.862. The lowest BCUT2D eigenvalue weighted by molar-refractivity contribution is -0.124. The summed E-state index contributed by atoms with van der Waals surface area (Å²) in [5.74, 6) is 0.800. The van der Waals surface area contributed by atoms with Crippen LogP contribution in [-0.4, -0.2) is 45.4 Å². The number of aromatic nitrogens is 3. The lowest BCUT2D eigenvalue weighted by Crippen LogP contribution is -2.37. The van der Waals surface area contributed by atoms with Gasteiger partial charge in [0.05, 0.1) is 18.6 Å². The highest BCUT2D eigenvalue weighted by Gasteiger charge is 2.18. The Morgan fingerprint density at radius 1 is 1.07 bits per heavy atom. The van der Waals surface area contributed by atoms with Crippen LogP contribution in [0.25, 0.3) is 17.3 Å². The molecule has 0 bridgehead atoms. The maximum atomic E-state index is 12.1. The molecule has 1 aromatic carbocycles. The van der Waals surface area contributed by atoms with Crippen molar-refractivity contribution in [3.63, 3.8) is 0 Å². The Labute approximate surface area is 166 Å². The minimum Gasteiger partial charge on any atom is -0.461 e. The summed E-state index contributed by atoms with van der Waals surface area (Å²) < 4.78 is 7.30. The molecule has 2 aromatic heterocycles. The number of nitrogens with one attached hydrogen (secondary N) is 2. The van der Waals surface area contributed by atoms with Gasteiger partial charge in [0.15, 0.2) is 10.9 Å². The molecule has 8 nitrogen and oxygen atoms in total. The van der Waals surface area contributed by atoms with Crippen LogP contribution in [0.4, 0.5) is 0 Å². The highest BCUT2D eigenvalue weighted by molar-refractivity contribution is 7.99. The normalized spacial score (nSPS) is 10.6. The Bertz CT molecular complexity index is 909. The summed E-state index contributed by atoms with van der Waals surface area (Å²) in [4.78, 5) is 23.7. The van der Waals surface area contributed by atoms with Crippen LogP contribution in [0, 0.1) is 0 Å². The van der Waals surface area contributed by atoms with Crippen LogP contribution >= 0.6 is 11.8 Å². The second kappa shape index (κ2) is 9.75. The Morgan fingerprint density at radius 3 is 2.61 bits per heavy atom. The van der Waals surface area contributed by atoms with E-state index in [1.54, 1.807) is 18.4 Å². The molecule has 0 unspecified atom stereocenters. The van der Waals surface area contributed by atoms with E-state index in [2.05, 4.69) is 20.8 Å². The smallest absolute Gasteiger partial charge is 0.239 e. The lowest BCUT2D eigenvalue weighted by Gasteiger charge is -2.09. The van der Waals surface area contributed by atoms with Gasteiger partial charge in [0.25, 0.3) is 0 Å². The van der Waals surface area contributed by atoms with Crippen LogP contribution in [0.15, 0.2) is 58.3 Å². The quantitative estimate of drug-likeness (QED) is 0.535. The summed E-state index contributed by atoms with van der Waals surface area (Å²) in [5, 5.41) is 14.3. The molecule has 28 heavy (non-hydrogen) atoms. The molecule has 3 aromatic rings. The van der Waals surface area contributed by atoms with Crippen LogP contribution in [0.1, 0.15) is 13.3 Å². The van der Waals surface area contributed by atoms with E-state index in [1.165, 1.54) is 11.8 Å². The first kappa shape index (κ1) is 19.7. The molecule has 2 N–H and O–H groups in total. The number of rotatable bonds is 9. The molecule has 146 valence electrons. The molecule has 0 atom stereocenters. The topological polar surface area (TPSA) is 102 Å². The van der Waals surface area contributed by atoms with E-state index in [4.69, 9.17) is 4.42 Å². The SMILES string of the molecule is CCCNC(=O)CNC(=O)CSc1nnc(-c2ccco2)n1-c1ccccc1. The van der Waals surface area contributed by atoms with Gasteiger partial charge in [0, 0.05) is 12.2 Å². The van der Waals surface area contributed by atoms with Crippen molar-refractivity contribution in [1.82, 2.24) is 25.4 Å². The molecule has 0 aliphatic rings. The average molecular weight is 399 g/mol. The molecule has 0 spiro atoms. The molecule has 0 saturated carbocycles. The molecular weight excluding hydrogens is 378 g/mol. The molecule has 2 heterocycles. The summed E-state index contributed by atoms with van der Waals surface area (Å²) in [6.07, 6.45) is 2.42. The van der Waals surface area contributed by atoms with Gasteiger partial charge in [0.1, 0.15) is 0 Å². The molecule has 0 saturated heterocycles. The van der Waals surface area contributed by atoms with Gasteiger partial charge in [0.2, 0.25) is 17.6 Å². The molecule has 9 heteroatoms. The largest absolute Gasteiger partial charge is 0.461 e. The molecule has 0 aliphatic heterocycles. The van der Waals surface area contributed by atoms with E-state index in [1.807, 2.05) is 41.8 Å². The van der Waals surface area contributed by atoms with Crippen LogP contribution in [0.2, 0.25) is 0 Å². The zero-order valence-electron chi connectivity index (χ0n) is 15.4. The maximum Gasteiger partial charge on any atom is 0.239 e. The monoisotopic (exact) mass is 399 g/mol. The first-order valence-electron chi connectivity index (χ1n) is 8.90. The number of benzene rings is 1. The van der Waals surface area contributed by atoms with Gasteiger partial charge < -0.3 is 15.1 Å². The predicted octanol–water partition coefficient (Wildman–Crippen LogP) is 2.26. The lowest BCUT2D eigenvalue weighted by atomic mass is 10.3. The maximum absolute atomic E-state index is 12.1. The second-order valence-electron chi connectivity index (χ2n) is 5.87. The van der Waals surface area contributed by atoms with Crippen LogP contribution in [-0.2, 0) is 9.59 Å². The molecule has 2 amide bonds. The summed E-state index contributed by atoms with van der Waals surface area (Å²) in [6.45, 7) is 2.52. The third-order valence-corrected chi connectivity index (χ3v) is 4.67. The molecule has 0 fully saturated rings. The zero-order valence-corrected chi connectivity index (χ0v) is 16.2. The zero-order chi connectivity index (χ0) is 19.8. The van der Waals surface area contributed by atoms with Gasteiger partial charge in [-0.2, -0.15) is 0 Å². The fraction of sp³-hybridized carbons (Fsp3) is 0.263. The van der Waals surface area contributed by atoms with E-state index < -0.39 is 0 Å². The van der Waals surface area contributed by atoms with Gasteiger partial charge in [-0.25, -0.2) is 0 Å². The average Bonchev–Trinajstić information content (AvgIpc) is 3.39. The van der Waals surface area contributed by atoms with Crippen molar-refractivity contribution in [3.05, 3.63) is 48.7 Å². The van der Waals surface area contributed by atoms with Gasteiger partial charge in [-0.1, -0.05) is 36.9 Å². The Kier molecular flexibility index (Phi) is 6.85. The predicted molar refractivity (Wildman–Crippen MR) is 106 cm³/mol. The Hall–Kier alpha value is -3.07. The highest BCUT2D eigenvalue weighted by atomic mass is 32.2. The number of para-hydroxylation sites is 1. The van der Waals surface area contributed by atoms with Crippen molar-refractivity contribution in [3.8, 4) is 17.3 Å². The molecular formula is C19H21N5O3S. The number of carbonyl (C=O) groups excluding carboxylic acids is 2. The van der Waals surface area contributed by atoms with Crippen LogP contribution in [0.5, 0.6) is 0 Å². The summed E-state index contributed by atoms with van der Waals surface area (Å²) in [7, 11) is 0.